The fraction of sp³-hybridized carbons (Fsp3) is 0.750. The van der Waals surface area contributed by atoms with Crippen LogP contribution in [0.1, 0.15) is 25.7 Å². The van der Waals surface area contributed by atoms with Gasteiger partial charge in [-0.25, -0.2) is 0 Å². The molecule has 12 heavy (non-hydrogen) atoms. The van der Waals surface area contributed by atoms with Gasteiger partial charge < -0.3 is 11.5 Å². The highest BCUT2D eigenvalue weighted by molar-refractivity contribution is 5.86. The second kappa shape index (κ2) is 6.94. The minimum Gasteiger partial charge on any atom is -0.330 e. The lowest BCUT2D eigenvalue weighted by molar-refractivity contribution is -0.124. The summed E-state index contributed by atoms with van der Waals surface area (Å²) >= 11 is 0. The molecule has 0 aliphatic rings. The molecule has 0 unspecified atom stereocenters. The van der Waals surface area contributed by atoms with E-state index in [1.807, 2.05) is 0 Å². The molecule has 0 saturated heterocycles. The zero-order valence-corrected chi connectivity index (χ0v) is 7.21. The first-order valence-electron chi connectivity index (χ1n) is 4.14. The molecular weight excluding hydrogens is 156 g/mol. The van der Waals surface area contributed by atoms with Crippen LogP contribution in [-0.4, -0.2) is 24.7 Å². The van der Waals surface area contributed by atoms with Crippen molar-refractivity contribution < 1.29 is 9.59 Å². The number of ketones is 2. The quantitative estimate of drug-likeness (QED) is 0.547. The molecule has 0 aromatic rings. The third-order valence-electron chi connectivity index (χ3n) is 1.53. The Hall–Kier alpha value is -0.740. The highest BCUT2D eigenvalue weighted by Crippen LogP contribution is 1.97. The van der Waals surface area contributed by atoms with Gasteiger partial charge in [0.25, 0.3) is 0 Å². The molecule has 70 valence electrons. The average Bonchev–Trinajstić information content (AvgIpc) is 2.02. The summed E-state index contributed by atoms with van der Waals surface area (Å²) in [5, 5.41) is 0. The van der Waals surface area contributed by atoms with E-state index < -0.39 is 0 Å². The van der Waals surface area contributed by atoms with Gasteiger partial charge in [0.15, 0.2) is 0 Å². The van der Waals surface area contributed by atoms with Crippen molar-refractivity contribution in [2.45, 2.75) is 25.7 Å². The molecule has 0 spiro atoms. The molecule has 0 saturated carbocycles. The Morgan fingerprint density at radius 3 is 1.33 bits per heavy atom. The first-order valence-corrected chi connectivity index (χ1v) is 4.14. The number of hydrogen-bond acceptors (Lipinski definition) is 4. The molecule has 4 N–H and O–H groups in total. The van der Waals surface area contributed by atoms with Gasteiger partial charge in [0.2, 0.25) is 0 Å². The van der Waals surface area contributed by atoms with E-state index in [1.54, 1.807) is 0 Å². The molecule has 0 radical (unpaired) electrons. The van der Waals surface area contributed by atoms with Crippen LogP contribution in [-0.2, 0) is 9.59 Å². The maximum absolute atomic E-state index is 10.9. The minimum absolute atomic E-state index is 0.0582. The number of carbonyl (C=O) groups is 2. The van der Waals surface area contributed by atoms with Gasteiger partial charge in [-0.05, 0) is 13.1 Å². The summed E-state index contributed by atoms with van der Waals surface area (Å²) in [6, 6.07) is 0. The van der Waals surface area contributed by atoms with Crippen LogP contribution in [0.2, 0.25) is 0 Å². The van der Waals surface area contributed by atoms with Crippen LogP contribution in [0, 0.1) is 0 Å². The Bertz CT molecular complexity index is 139. The molecule has 0 fully saturated rings. The number of rotatable bonds is 7. The van der Waals surface area contributed by atoms with Crippen molar-refractivity contribution in [3.05, 3.63) is 0 Å². The summed E-state index contributed by atoms with van der Waals surface area (Å²) in [5.74, 6) is 0.116. The SMILES string of the molecule is NCCC(=O)CCC(=O)CCN. The normalized spacial score (nSPS) is 9.83. The lowest BCUT2D eigenvalue weighted by atomic mass is 10.1. The van der Waals surface area contributed by atoms with Crippen molar-refractivity contribution in [1.82, 2.24) is 0 Å². The first kappa shape index (κ1) is 11.3. The first-order chi connectivity index (χ1) is 5.70. The van der Waals surface area contributed by atoms with E-state index >= 15 is 0 Å². The maximum atomic E-state index is 10.9. The van der Waals surface area contributed by atoms with Crippen LogP contribution in [0.25, 0.3) is 0 Å². The van der Waals surface area contributed by atoms with Gasteiger partial charge in [-0.1, -0.05) is 0 Å². The van der Waals surface area contributed by atoms with E-state index in [2.05, 4.69) is 0 Å². The number of hydrogen-bond donors (Lipinski definition) is 2. The maximum Gasteiger partial charge on any atom is 0.134 e. The topological polar surface area (TPSA) is 86.2 Å². The van der Waals surface area contributed by atoms with Crippen LogP contribution in [0.5, 0.6) is 0 Å². The summed E-state index contributed by atoms with van der Waals surface area (Å²) < 4.78 is 0. The largest absolute Gasteiger partial charge is 0.330 e. The lowest BCUT2D eigenvalue weighted by Crippen LogP contribution is -2.12. The van der Waals surface area contributed by atoms with Crippen LogP contribution < -0.4 is 11.5 Å². The van der Waals surface area contributed by atoms with Gasteiger partial charge >= 0.3 is 0 Å². The van der Waals surface area contributed by atoms with Gasteiger partial charge in [-0.3, -0.25) is 9.59 Å². The Morgan fingerprint density at radius 2 is 1.08 bits per heavy atom. The number of Topliss-reactive ketones (excluding diaryl/α,β-unsaturated/α-hetero) is 2. The molecule has 4 nitrogen and oxygen atoms in total. The zero-order chi connectivity index (χ0) is 9.40. The highest BCUT2D eigenvalue weighted by Gasteiger charge is 2.04. The molecule has 0 amide bonds. The van der Waals surface area contributed by atoms with E-state index in [9.17, 15) is 9.59 Å². The molecule has 0 aromatic heterocycles. The third kappa shape index (κ3) is 6.00. The van der Waals surface area contributed by atoms with Crippen LogP contribution in [0.15, 0.2) is 0 Å². The smallest absolute Gasteiger partial charge is 0.134 e. The van der Waals surface area contributed by atoms with E-state index in [1.165, 1.54) is 0 Å². The summed E-state index contributed by atoms with van der Waals surface area (Å²) in [4.78, 5) is 21.8. The Balaban J connectivity index is 3.40. The lowest BCUT2D eigenvalue weighted by Gasteiger charge is -1.97. The molecule has 0 heterocycles. The zero-order valence-electron chi connectivity index (χ0n) is 7.21. The molecule has 0 rings (SSSR count). The molecule has 0 atom stereocenters. The van der Waals surface area contributed by atoms with Crippen molar-refractivity contribution in [3.63, 3.8) is 0 Å². The van der Waals surface area contributed by atoms with E-state index in [0.29, 0.717) is 38.8 Å². The predicted octanol–water partition coefficient (Wildman–Crippen LogP) is -0.398. The van der Waals surface area contributed by atoms with Crippen molar-refractivity contribution in [2.24, 2.45) is 11.5 Å². The van der Waals surface area contributed by atoms with Gasteiger partial charge in [-0.2, -0.15) is 0 Å². The van der Waals surface area contributed by atoms with E-state index in [4.69, 9.17) is 11.5 Å². The van der Waals surface area contributed by atoms with Crippen molar-refractivity contribution in [3.8, 4) is 0 Å². The van der Waals surface area contributed by atoms with Crippen molar-refractivity contribution >= 4 is 11.6 Å². The monoisotopic (exact) mass is 172 g/mol. The van der Waals surface area contributed by atoms with Crippen LogP contribution in [0.3, 0.4) is 0 Å². The Labute approximate surface area is 72.3 Å². The summed E-state index contributed by atoms with van der Waals surface area (Å²) in [5.41, 5.74) is 10.3. The molecular formula is C8H16N2O2. The number of carbonyl (C=O) groups excluding carboxylic acids is 2. The Kier molecular flexibility index (Phi) is 6.51. The number of nitrogens with two attached hydrogens (primary N) is 2. The average molecular weight is 172 g/mol. The van der Waals surface area contributed by atoms with Crippen LogP contribution >= 0.6 is 0 Å². The highest BCUT2D eigenvalue weighted by atomic mass is 16.1. The van der Waals surface area contributed by atoms with Gasteiger partial charge in [0.1, 0.15) is 11.6 Å². The fourth-order valence-corrected chi connectivity index (χ4v) is 0.851. The second-order valence-electron chi connectivity index (χ2n) is 2.65. The molecule has 0 bridgehead atoms. The van der Waals surface area contributed by atoms with Crippen molar-refractivity contribution in [1.29, 1.82) is 0 Å². The summed E-state index contributed by atoms with van der Waals surface area (Å²) in [6.45, 7) is 0.730. The molecule has 4 heteroatoms. The van der Waals surface area contributed by atoms with Gasteiger partial charge in [0, 0.05) is 25.7 Å². The van der Waals surface area contributed by atoms with Crippen molar-refractivity contribution in [2.75, 3.05) is 13.1 Å². The third-order valence-corrected chi connectivity index (χ3v) is 1.53. The summed E-state index contributed by atoms with van der Waals surface area (Å²) in [7, 11) is 0. The second-order valence-corrected chi connectivity index (χ2v) is 2.65. The molecule has 0 aliphatic carbocycles. The fourth-order valence-electron chi connectivity index (χ4n) is 0.851. The van der Waals surface area contributed by atoms with Crippen LogP contribution in [0.4, 0.5) is 0 Å². The molecule has 0 aliphatic heterocycles. The standard InChI is InChI=1S/C8H16N2O2/c9-5-3-7(11)1-2-8(12)4-6-10/h1-6,9-10H2. The minimum atomic E-state index is 0.0582. The van der Waals surface area contributed by atoms with Gasteiger partial charge in [0.05, 0.1) is 0 Å². The van der Waals surface area contributed by atoms with E-state index in [0.717, 1.165) is 0 Å². The van der Waals surface area contributed by atoms with Gasteiger partial charge in [-0.15, -0.1) is 0 Å². The van der Waals surface area contributed by atoms with E-state index in [-0.39, 0.29) is 11.6 Å². The predicted molar refractivity (Wildman–Crippen MR) is 46.6 cm³/mol. The summed E-state index contributed by atoms with van der Waals surface area (Å²) in [6.07, 6.45) is 1.37. The Morgan fingerprint density at radius 1 is 0.750 bits per heavy atom. The molecule has 0 aromatic carbocycles.